The molecule has 0 amide bonds. The molecule has 0 saturated carbocycles. The minimum atomic E-state index is -3.17. The third-order valence-electron chi connectivity index (χ3n) is 1.71. The van der Waals surface area contributed by atoms with Crippen LogP contribution in [0.25, 0.3) is 0 Å². The van der Waals surface area contributed by atoms with E-state index in [1.807, 2.05) is 0 Å². The van der Waals surface area contributed by atoms with E-state index < -0.39 is 18.8 Å². The lowest BCUT2D eigenvalue weighted by atomic mass is 10.6. The van der Waals surface area contributed by atoms with Gasteiger partial charge in [0.15, 0.2) is 0 Å². The van der Waals surface area contributed by atoms with Crippen LogP contribution in [0.15, 0.2) is 12.7 Å². The summed E-state index contributed by atoms with van der Waals surface area (Å²) in [7, 11) is -0.441. The number of ether oxygens (including phenoxy) is 1. The normalized spacial score (nSPS) is 12.3. The van der Waals surface area contributed by atoms with Crippen LogP contribution in [0, 0.1) is 0 Å². The fourth-order valence-electron chi connectivity index (χ4n) is 0.934. The molecule has 0 unspecified atom stereocenters. The Morgan fingerprint density at radius 2 is 1.88 bits per heavy atom. The summed E-state index contributed by atoms with van der Waals surface area (Å²) >= 11 is 16.5. The van der Waals surface area contributed by atoms with Gasteiger partial charge in [-0.15, -0.1) is 0 Å². The molecule has 0 aliphatic rings. The van der Waals surface area contributed by atoms with Crippen LogP contribution < -0.4 is 0 Å². The fraction of sp³-hybridized carbons (Fsp3) is 0.625. The van der Waals surface area contributed by atoms with Crippen molar-refractivity contribution >= 4 is 49.6 Å². The lowest BCUT2D eigenvalue weighted by Gasteiger charge is -2.29. The Labute approximate surface area is 116 Å². The molecule has 17 heavy (non-hydrogen) atoms. The molecule has 0 rings (SSSR count). The lowest BCUT2D eigenvalue weighted by Crippen LogP contribution is -2.48. The van der Waals surface area contributed by atoms with E-state index in [2.05, 4.69) is 6.58 Å². The molecule has 0 aromatic rings. The van der Waals surface area contributed by atoms with Crippen LogP contribution in [0.2, 0.25) is 6.04 Å². The molecule has 0 radical (unpaired) electrons. The maximum Gasteiger partial charge on any atom is 0.507 e. The zero-order valence-electron chi connectivity index (χ0n) is 9.37. The highest BCUT2D eigenvalue weighted by molar-refractivity contribution is 6.70. The summed E-state index contributed by atoms with van der Waals surface area (Å²) < 4.78 is 18.1. The van der Waals surface area contributed by atoms with Crippen LogP contribution in [0.3, 0.4) is 0 Å². The number of carbonyl (C=O) groups is 1. The minimum Gasteiger partial charge on any atom is -0.463 e. The van der Waals surface area contributed by atoms with Gasteiger partial charge in [0.05, 0.1) is 12.7 Å². The fourth-order valence-corrected chi connectivity index (χ4v) is 3.54. The van der Waals surface area contributed by atoms with Gasteiger partial charge in [0.25, 0.3) is 3.98 Å². The third kappa shape index (κ3) is 7.25. The molecular formula is C8H13Cl3O5Si. The quantitative estimate of drug-likeness (QED) is 0.311. The predicted octanol–water partition coefficient (Wildman–Crippen LogP) is 2.29. The summed E-state index contributed by atoms with van der Waals surface area (Å²) in [6, 6.07) is 0.160. The number of hydrogen-bond donors (Lipinski definition) is 0. The average molecular weight is 324 g/mol. The number of hydrogen-bond acceptors (Lipinski definition) is 5. The Kier molecular flexibility index (Phi) is 7.66. The van der Waals surface area contributed by atoms with E-state index in [0.29, 0.717) is 0 Å². The van der Waals surface area contributed by atoms with Crippen LogP contribution in [-0.4, -0.2) is 39.6 Å². The number of carbonyl (C=O) groups excluding carboxylic acids is 1. The first-order valence-electron chi connectivity index (χ1n) is 4.45. The first-order chi connectivity index (χ1) is 7.78. The second kappa shape index (κ2) is 7.58. The predicted molar refractivity (Wildman–Crippen MR) is 67.1 cm³/mol. The summed E-state index contributed by atoms with van der Waals surface area (Å²) in [6.45, 7) is 3.27. The van der Waals surface area contributed by atoms with Crippen molar-refractivity contribution in [2.45, 2.75) is 10.0 Å². The van der Waals surface area contributed by atoms with Crippen molar-refractivity contribution in [3.63, 3.8) is 0 Å². The number of esters is 1. The van der Waals surface area contributed by atoms with E-state index in [-0.39, 0.29) is 12.7 Å². The molecule has 0 aliphatic carbocycles. The molecule has 0 aromatic heterocycles. The first kappa shape index (κ1) is 17.2. The van der Waals surface area contributed by atoms with E-state index in [1.165, 1.54) is 14.2 Å². The highest BCUT2D eigenvalue weighted by Gasteiger charge is 2.45. The van der Waals surface area contributed by atoms with Gasteiger partial charge in [-0.2, -0.15) is 0 Å². The van der Waals surface area contributed by atoms with Crippen LogP contribution in [0.1, 0.15) is 0 Å². The average Bonchev–Trinajstić information content (AvgIpc) is 2.25. The molecule has 0 aliphatic heterocycles. The molecule has 0 spiro atoms. The standard InChI is InChI=1S/C8H13Cl3O5Si/c1-4-7(12)15-5-6-17(13-2,14-3)16-8(9,10)11/h4H,1,5-6H2,2-3H3. The number of halogens is 3. The van der Waals surface area contributed by atoms with Gasteiger partial charge in [0.1, 0.15) is 0 Å². The molecule has 0 atom stereocenters. The lowest BCUT2D eigenvalue weighted by molar-refractivity contribution is -0.137. The van der Waals surface area contributed by atoms with E-state index in [1.54, 1.807) is 0 Å². The molecule has 5 nitrogen and oxygen atoms in total. The third-order valence-corrected chi connectivity index (χ3v) is 5.01. The minimum absolute atomic E-state index is 0.0134. The number of alkyl halides is 3. The van der Waals surface area contributed by atoms with Gasteiger partial charge in [-0.25, -0.2) is 4.79 Å². The van der Waals surface area contributed by atoms with Crippen molar-refractivity contribution in [3.8, 4) is 0 Å². The van der Waals surface area contributed by atoms with Crippen molar-refractivity contribution in [2.24, 2.45) is 0 Å². The molecule has 9 heteroatoms. The maximum atomic E-state index is 10.8. The Morgan fingerprint density at radius 1 is 1.35 bits per heavy atom. The summed E-state index contributed by atoms with van der Waals surface area (Å²) in [5.41, 5.74) is 0. The van der Waals surface area contributed by atoms with Crippen LogP contribution in [-0.2, 0) is 22.8 Å². The molecule has 100 valence electrons. The van der Waals surface area contributed by atoms with Crippen molar-refractivity contribution in [1.29, 1.82) is 0 Å². The van der Waals surface area contributed by atoms with Crippen molar-refractivity contribution < 1.29 is 22.8 Å². The van der Waals surface area contributed by atoms with Crippen molar-refractivity contribution in [2.75, 3.05) is 20.8 Å². The van der Waals surface area contributed by atoms with Crippen molar-refractivity contribution in [1.82, 2.24) is 0 Å². The summed E-state index contributed by atoms with van der Waals surface area (Å²) in [5, 5.41) is 0. The zero-order chi connectivity index (χ0) is 13.5. The summed E-state index contributed by atoms with van der Waals surface area (Å²) in [4.78, 5) is 10.8. The van der Waals surface area contributed by atoms with Crippen LogP contribution >= 0.6 is 34.8 Å². The maximum absolute atomic E-state index is 10.8. The molecule has 0 heterocycles. The Balaban J connectivity index is 4.40. The van der Waals surface area contributed by atoms with Gasteiger partial charge in [-0.05, 0) is 0 Å². The highest BCUT2D eigenvalue weighted by atomic mass is 35.6. The van der Waals surface area contributed by atoms with Gasteiger partial charge >= 0.3 is 14.8 Å². The SMILES string of the molecule is C=CC(=O)OCC[Si](OC)(OC)OC(Cl)(Cl)Cl. The molecule has 0 N–H and O–H groups in total. The second-order valence-electron chi connectivity index (χ2n) is 2.76. The van der Waals surface area contributed by atoms with Crippen molar-refractivity contribution in [3.05, 3.63) is 12.7 Å². The summed E-state index contributed by atoms with van der Waals surface area (Å²) in [5.74, 6) is -0.561. The monoisotopic (exact) mass is 322 g/mol. The molecule has 0 saturated heterocycles. The molecule has 0 fully saturated rings. The smallest absolute Gasteiger partial charge is 0.463 e. The first-order valence-corrected chi connectivity index (χ1v) is 7.51. The summed E-state index contributed by atoms with van der Waals surface area (Å²) in [6.07, 6.45) is 1.04. The van der Waals surface area contributed by atoms with Gasteiger partial charge in [0, 0.05) is 20.3 Å². The topological polar surface area (TPSA) is 54.0 Å². The Hall–Kier alpha value is 0.177. The second-order valence-corrected chi connectivity index (χ2v) is 7.82. The van der Waals surface area contributed by atoms with Gasteiger partial charge in [-0.1, -0.05) is 41.4 Å². The van der Waals surface area contributed by atoms with Crippen LogP contribution in [0.5, 0.6) is 0 Å². The van der Waals surface area contributed by atoms with E-state index in [4.69, 9.17) is 52.8 Å². The Bertz CT molecular complexity index is 264. The molecule has 0 bridgehead atoms. The zero-order valence-corrected chi connectivity index (χ0v) is 12.6. The van der Waals surface area contributed by atoms with E-state index >= 15 is 0 Å². The largest absolute Gasteiger partial charge is 0.507 e. The highest BCUT2D eigenvalue weighted by Crippen LogP contribution is 2.33. The van der Waals surface area contributed by atoms with Gasteiger partial charge in [0.2, 0.25) is 0 Å². The van der Waals surface area contributed by atoms with Gasteiger partial charge in [-0.3, -0.25) is 0 Å². The molecular weight excluding hydrogens is 311 g/mol. The number of rotatable bonds is 7. The van der Waals surface area contributed by atoms with Crippen LogP contribution in [0.4, 0.5) is 0 Å². The molecule has 0 aromatic carbocycles. The van der Waals surface area contributed by atoms with E-state index in [9.17, 15) is 4.79 Å². The van der Waals surface area contributed by atoms with E-state index in [0.717, 1.165) is 6.08 Å². The van der Waals surface area contributed by atoms with Gasteiger partial charge < -0.3 is 18.0 Å². The Morgan fingerprint density at radius 3 is 2.24 bits per heavy atom.